The van der Waals surface area contributed by atoms with Crippen LogP contribution in [0.25, 0.3) is 10.8 Å². The van der Waals surface area contributed by atoms with Gasteiger partial charge in [0.05, 0.1) is 5.69 Å². The summed E-state index contributed by atoms with van der Waals surface area (Å²) in [5.41, 5.74) is 1.29. The second-order valence-corrected chi connectivity index (χ2v) is 8.46. The van der Waals surface area contributed by atoms with Crippen molar-refractivity contribution in [1.82, 2.24) is 0 Å². The first kappa shape index (κ1) is 18.3. The van der Waals surface area contributed by atoms with Crippen molar-refractivity contribution in [3.05, 3.63) is 60.2 Å². The van der Waals surface area contributed by atoms with Gasteiger partial charge in [0.15, 0.2) is 0 Å². The summed E-state index contributed by atoms with van der Waals surface area (Å²) in [6, 6.07) is 14.3. The van der Waals surface area contributed by atoms with Gasteiger partial charge in [0, 0.05) is 11.1 Å². The van der Waals surface area contributed by atoms with E-state index in [0.29, 0.717) is 11.1 Å². The van der Waals surface area contributed by atoms with E-state index in [9.17, 15) is 25.9 Å². The Balaban J connectivity index is 2.40. The van der Waals surface area contributed by atoms with Crippen molar-refractivity contribution in [3.63, 3.8) is 0 Å². The minimum Gasteiger partial charge on any atom is -0.354 e. The highest BCUT2D eigenvalue weighted by molar-refractivity contribution is 7.89. The van der Waals surface area contributed by atoms with Crippen molar-refractivity contribution in [2.45, 2.75) is 16.7 Å². The highest BCUT2D eigenvalue weighted by Gasteiger charge is 2.30. The van der Waals surface area contributed by atoms with Crippen LogP contribution in [-0.2, 0) is 20.2 Å². The van der Waals surface area contributed by atoms with Crippen molar-refractivity contribution in [2.75, 3.05) is 5.32 Å². The topological polar surface area (TPSA) is 121 Å². The van der Waals surface area contributed by atoms with Crippen molar-refractivity contribution in [3.8, 4) is 0 Å². The number of hydrogen-bond donors (Lipinski definition) is 3. The van der Waals surface area contributed by atoms with Gasteiger partial charge < -0.3 is 5.32 Å². The van der Waals surface area contributed by atoms with Crippen molar-refractivity contribution < 1.29 is 25.9 Å². The van der Waals surface area contributed by atoms with Crippen LogP contribution in [0.3, 0.4) is 0 Å². The van der Waals surface area contributed by atoms with Gasteiger partial charge in [-0.1, -0.05) is 42.0 Å². The summed E-state index contributed by atoms with van der Waals surface area (Å²) < 4.78 is 67.0. The lowest BCUT2D eigenvalue weighted by Gasteiger charge is -2.16. The maximum atomic E-state index is 11.9. The third-order valence-corrected chi connectivity index (χ3v) is 5.81. The monoisotopic (exact) mass is 393 g/mol. The smallest absolute Gasteiger partial charge is 0.298 e. The van der Waals surface area contributed by atoms with E-state index in [2.05, 4.69) is 5.32 Å². The van der Waals surface area contributed by atoms with E-state index < -0.39 is 30.0 Å². The minimum absolute atomic E-state index is 0.0166. The second kappa shape index (κ2) is 6.36. The molecule has 136 valence electrons. The van der Waals surface area contributed by atoms with Gasteiger partial charge in [0.25, 0.3) is 20.2 Å². The first-order valence-electron chi connectivity index (χ1n) is 7.42. The molecule has 0 radical (unpaired) electrons. The molecule has 0 saturated carbocycles. The molecule has 0 unspecified atom stereocenters. The molecule has 9 heteroatoms. The fourth-order valence-corrected chi connectivity index (χ4v) is 4.86. The van der Waals surface area contributed by atoms with Crippen molar-refractivity contribution >= 4 is 42.4 Å². The highest BCUT2D eigenvalue weighted by atomic mass is 32.2. The average molecular weight is 393 g/mol. The molecule has 3 aromatic rings. The van der Waals surface area contributed by atoms with Crippen LogP contribution in [-0.4, -0.2) is 25.9 Å². The number of benzene rings is 3. The Morgan fingerprint density at radius 2 is 1.38 bits per heavy atom. The largest absolute Gasteiger partial charge is 0.354 e. The standard InChI is InChI=1S/C17H15NO6S2/c1-11-6-8-13(9-7-11)18-15-10-12-4-2-3-5-14(12)16(25(19,20)21)17(15)26(22,23)24/h2-10,18H,1H3,(H,19,20,21)(H,22,23,24). The molecular weight excluding hydrogens is 378 g/mol. The molecule has 0 aliphatic heterocycles. The number of anilines is 2. The highest BCUT2D eigenvalue weighted by Crippen LogP contribution is 2.37. The van der Waals surface area contributed by atoms with E-state index in [4.69, 9.17) is 0 Å². The number of rotatable bonds is 4. The molecule has 0 aliphatic rings. The molecule has 0 amide bonds. The normalized spacial score (nSPS) is 12.3. The lowest BCUT2D eigenvalue weighted by molar-refractivity contribution is 0.468. The van der Waals surface area contributed by atoms with E-state index in [1.807, 2.05) is 6.92 Å². The molecule has 3 aromatic carbocycles. The van der Waals surface area contributed by atoms with E-state index >= 15 is 0 Å². The Morgan fingerprint density at radius 3 is 1.96 bits per heavy atom. The van der Waals surface area contributed by atoms with Gasteiger partial charge in [-0.2, -0.15) is 16.8 Å². The van der Waals surface area contributed by atoms with Gasteiger partial charge in [-0.15, -0.1) is 0 Å². The Hall–Kier alpha value is -2.46. The van der Waals surface area contributed by atoms with Crippen molar-refractivity contribution in [2.24, 2.45) is 0 Å². The molecular formula is C17H15NO6S2. The van der Waals surface area contributed by atoms with E-state index in [1.54, 1.807) is 36.4 Å². The van der Waals surface area contributed by atoms with Gasteiger partial charge >= 0.3 is 0 Å². The molecule has 26 heavy (non-hydrogen) atoms. The maximum Gasteiger partial charge on any atom is 0.298 e. The van der Waals surface area contributed by atoms with Crippen LogP contribution in [0.4, 0.5) is 11.4 Å². The summed E-state index contributed by atoms with van der Waals surface area (Å²) in [6.07, 6.45) is 0. The Labute approximate surface area is 150 Å². The van der Waals surface area contributed by atoms with Crippen LogP contribution >= 0.6 is 0 Å². The zero-order chi connectivity index (χ0) is 19.1. The van der Waals surface area contributed by atoms with Gasteiger partial charge in [0.2, 0.25) is 0 Å². The molecule has 3 rings (SSSR count). The molecule has 0 atom stereocenters. The summed E-state index contributed by atoms with van der Waals surface area (Å²) >= 11 is 0. The molecule has 0 spiro atoms. The van der Waals surface area contributed by atoms with Crippen LogP contribution in [0.1, 0.15) is 5.56 Å². The third-order valence-electron chi connectivity index (χ3n) is 3.80. The molecule has 0 fully saturated rings. The predicted octanol–water partition coefficient (Wildman–Crippen LogP) is 3.39. The Morgan fingerprint density at radius 1 is 0.808 bits per heavy atom. The van der Waals surface area contributed by atoms with Gasteiger partial charge in [-0.25, -0.2) is 0 Å². The number of fused-ring (bicyclic) bond motifs is 1. The molecule has 3 N–H and O–H groups in total. The number of hydrogen-bond acceptors (Lipinski definition) is 5. The van der Waals surface area contributed by atoms with Crippen LogP contribution in [0, 0.1) is 6.92 Å². The first-order valence-corrected chi connectivity index (χ1v) is 10.3. The number of nitrogens with one attached hydrogen (secondary N) is 1. The fraction of sp³-hybridized carbons (Fsp3) is 0.0588. The van der Waals surface area contributed by atoms with Crippen LogP contribution in [0.15, 0.2) is 64.4 Å². The van der Waals surface area contributed by atoms with Crippen LogP contribution in [0.5, 0.6) is 0 Å². The zero-order valence-electron chi connectivity index (χ0n) is 13.5. The number of aryl methyl sites for hydroxylation is 1. The lowest BCUT2D eigenvalue weighted by Crippen LogP contribution is -2.12. The SMILES string of the molecule is Cc1ccc(Nc2cc3ccccc3c(S(=O)(=O)O)c2S(=O)(=O)O)cc1. The predicted molar refractivity (Wildman–Crippen MR) is 98.0 cm³/mol. The minimum atomic E-state index is -4.97. The second-order valence-electron chi connectivity index (χ2n) is 5.74. The quantitative estimate of drug-likeness (QED) is 0.581. The lowest BCUT2D eigenvalue weighted by atomic mass is 10.1. The summed E-state index contributed by atoms with van der Waals surface area (Å²) in [7, 11) is -9.91. The van der Waals surface area contributed by atoms with Gasteiger partial charge in [-0.05, 0) is 30.5 Å². The van der Waals surface area contributed by atoms with Gasteiger partial charge in [0.1, 0.15) is 9.79 Å². The summed E-state index contributed by atoms with van der Waals surface area (Å²) in [4.78, 5) is -1.77. The van der Waals surface area contributed by atoms with E-state index in [1.165, 1.54) is 18.2 Å². The average Bonchev–Trinajstić information content (AvgIpc) is 2.54. The summed E-state index contributed by atoms with van der Waals surface area (Å²) in [5.74, 6) is 0. The molecule has 0 saturated heterocycles. The van der Waals surface area contributed by atoms with Crippen LogP contribution < -0.4 is 5.32 Å². The van der Waals surface area contributed by atoms with E-state index in [0.717, 1.165) is 5.56 Å². The molecule has 0 heterocycles. The van der Waals surface area contributed by atoms with Crippen molar-refractivity contribution in [1.29, 1.82) is 0 Å². The summed E-state index contributed by atoms with van der Waals surface area (Å²) in [5, 5.41) is 3.16. The third kappa shape index (κ3) is 3.56. The molecule has 0 bridgehead atoms. The fourth-order valence-electron chi connectivity index (χ4n) is 2.69. The molecule has 0 aromatic heterocycles. The first-order chi connectivity index (χ1) is 12.1. The summed E-state index contributed by atoms with van der Waals surface area (Å²) in [6.45, 7) is 1.87. The van der Waals surface area contributed by atoms with Crippen LogP contribution in [0.2, 0.25) is 0 Å². The van der Waals surface area contributed by atoms with E-state index in [-0.39, 0.29) is 11.1 Å². The Kier molecular flexibility index (Phi) is 4.49. The zero-order valence-corrected chi connectivity index (χ0v) is 15.2. The Bertz CT molecular complexity index is 1200. The van der Waals surface area contributed by atoms with Gasteiger partial charge in [-0.3, -0.25) is 9.11 Å². The maximum absolute atomic E-state index is 11.9. The molecule has 0 aliphatic carbocycles. The molecule has 7 nitrogen and oxygen atoms in total.